The summed E-state index contributed by atoms with van der Waals surface area (Å²) in [6.45, 7) is 3.45. The van der Waals surface area contributed by atoms with Crippen LogP contribution in [0.25, 0.3) is 0 Å². The third kappa shape index (κ3) is 18.5. The molecule has 0 bridgehead atoms. The maximum atomic E-state index is 13.9. The molecule has 15 N–H and O–H groups in total. The monoisotopic (exact) mass is 909 g/mol. The predicted molar refractivity (Wildman–Crippen MR) is 232 cm³/mol. The van der Waals surface area contributed by atoms with Crippen molar-refractivity contribution in [2.45, 2.75) is 133 Å². The number of unbranched alkanes of at least 4 members (excludes halogenated alkanes) is 2. The highest BCUT2D eigenvalue weighted by molar-refractivity contribution is 8.00. The van der Waals surface area contributed by atoms with Gasteiger partial charge in [-0.15, -0.1) is 0 Å². The van der Waals surface area contributed by atoms with E-state index >= 15 is 0 Å². The first-order valence-electron chi connectivity index (χ1n) is 21.7. The van der Waals surface area contributed by atoms with E-state index in [4.69, 9.17) is 22.4 Å². The molecule has 1 unspecified atom stereocenters. The molecule has 3 rings (SSSR count). The van der Waals surface area contributed by atoms with Crippen molar-refractivity contribution in [1.82, 2.24) is 47.6 Å². The molecule has 10 amide bonds. The first-order chi connectivity index (χ1) is 30.0. The van der Waals surface area contributed by atoms with Crippen molar-refractivity contribution in [2.75, 3.05) is 38.5 Å². The summed E-state index contributed by atoms with van der Waals surface area (Å²) >= 11 is 1.84. The SMILES string of the molecule is CC(C)CC(CC(=O)NO)C(=O)N[C@@H](CCCN=C(N)N)C(=O)N1CCC[C@H]1C(=O)NCC(=O)NCC(=O)N[C@@H](CCCCNC(=O)CCCC[C@@H]1SC[C@@H]2NC(=O)N[C@@H]21)C(N)=O. The van der Waals surface area contributed by atoms with Crippen molar-refractivity contribution in [3.63, 3.8) is 0 Å². The van der Waals surface area contributed by atoms with E-state index in [1.165, 1.54) is 10.4 Å². The second-order valence-corrected chi connectivity index (χ2v) is 17.8. The molecule has 3 saturated heterocycles. The zero-order chi connectivity index (χ0) is 46.5. The van der Waals surface area contributed by atoms with Gasteiger partial charge in [-0.1, -0.05) is 20.3 Å². The minimum atomic E-state index is -1.10. The summed E-state index contributed by atoms with van der Waals surface area (Å²) in [5, 5.41) is 28.2. The average Bonchev–Trinajstić information content (AvgIpc) is 3.97. The number of carbonyl (C=O) groups excluding carboxylic acids is 9. The Kier molecular flexibility index (Phi) is 22.2. The van der Waals surface area contributed by atoms with Gasteiger partial charge in [-0.3, -0.25) is 48.6 Å². The number of primary amides is 1. The molecule has 0 aromatic rings. The number of aliphatic imine (C=N–C) groups is 1. The zero-order valence-corrected chi connectivity index (χ0v) is 37.0. The maximum Gasteiger partial charge on any atom is 0.315 e. The Morgan fingerprint density at radius 2 is 1.59 bits per heavy atom. The van der Waals surface area contributed by atoms with Crippen molar-refractivity contribution in [3.8, 4) is 0 Å². The predicted octanol–water partition coefficient (Wildman–Crippen LogP) is -2.71. The summed E-state index contributed by atoms with van der Waals surface area (Å²) in [5.41, 5.74) is 17.9. The molecule has 0 spiro atoms. The molecule has 23 nitrogen and oxygen atoms in total. The topological polar surface area (TPSA) is 364 Å². The van der Waals surface area contributed by atoms with Gasteiger partial charge in [-0.25, -0.2) is 10.3 Å². The lowest BCUT2D eigenvalue weighted by Gasteiger charge is -2.30. The molecular weight excluding hydrogens is 843 g/mol. The van der Waals surface area contributed by atoms with E-state index in [-0.39, 0.29) is 74.7 Å². The van der Waals surface area contributed by atoms with E-state index in [0.717, 1.165) is 25.0 Å². The number of urea groups is 1. The molecule has 3 aliphatic heterocycles. The van der Waals surface area contributed by atoms with E-state index < -0.39 is 78.5 Å². The van der Waals surface area contributed by atoms with E-state index in [0.29, 0.717) is 50.3 Å². The number of hydrogen-bond donors (Lipinski definition) is 12. The largest absolute Gasteiger partial charge is 0.370 e. The number of amides is 10. The average molecular weight is 910 g/mol. The van der Waals surface area contributed by atoms with Crippen molar-refractivity contribution in [1.29, 1.82) is 0 Å². The van der Waals surface area contributed by atoms with Gasteiger partial charge in [-0.2, -0.15) is 11.8 Å². The molecule has 0 saturated carbocycles. The number of nitrogens with two attached hydrogens (primary N) is 3. The quantitative estimate of drug-likeness (QED) is 0.00950. The molecule has 0 radical (unpaired) electrons. The van der Waals surface area contributed by atoms with Crippen LogP contribution in [0, 0.1) is 11.8 Å². The Labute approximate surface area is 371 Å². The molecule has 3 fully saturated rings. The number of nitrogens with zero attached hydrogens (tertiary/aromatic N) is 2. The summed E-state index contributed by atoms with van der Waals surface area (Å²) < 4.78 is 0. The second-order valence-electron chi connectivity index (χ2n) is 16.5. The van der Waals surface area contributed by atoms with E-state index in [1.807, 2.05) is 25.6 Å². The lowest BCUT2D eigenvalue weighted by Crippen LogP contribution is -2.55. The van der Waals surface area contributed by atoms with Crippen LogP contribution in [0.5, 0.6) is 0 Å². The molecular formula is C39H67N13O10S. The molecule has 63 heavy (non-hydrogen) atoms. The molecule has 3 heterocycles. The van der Waals surface area contributed by atoms with Crippen LogP contribution in [0.1, 0.15) is 97.3 Å². The Morgan fingerprint density at radius 3 is 2.29 bits per heavy atom. The van der Waals surface area contributed by atoms with Crippen LogP contribution in [0.2, 0.25) is 0 Å². The lowest BCUT2D eigenvalue weighted by atomic mass is 9.92. The number of likely N-dealkylation sites (tertiary alicyclic amines) is 1. The Bertz CT molecular complexity index is 1650. The molecule has 354 valence electrons. The summed E-state index contributed by atoms with van der Waals surface area (Å²) in [5.74, 6) is -4.83. The second kappa shape index (κ2) is 26.9. The van der Waals surface area contributed by atoms with Crippen molar-refractivity contribution < 1.29 is 48.4 Å². The van der Waals surface area contributed by atoms with Gasteiger partial charge in [0.05, 0.1) is 25.2 Å². The third-order valence-electron chi connectivity index (χ3n) is 11.0. The van der Waals surface area contributed by atoms with Gasteiger partial charge in [0.1, 0.15) is 18.1 Å². The summed E-state index contributed by atoms with van der Waals surface area (Å²) in [6, 6.07) is -2.88. The number of nitrogens with one attached hydrogen (secondary N) is 8. The van der Waals surface area contributed by atoms with Crippen LogP contribution in [-0.2, 0) is 38.4 Å². The third-order valence-corrected chi connectivity index (χ3v) is 12.5. The maximum absolute atomic E-state index is 13.9. The molecule has 0 aromatic heterocycles. The zero-order valence-electron chi connectivity index (χ0n) is 36.2. The number of hydroxylamine groups is 1. The van der Waals surface area contributed by atoms with E-state index in [1.54, 1.807) is 0 Å². The van der Waals surface area contributed by atoms with Gasteiger partial charge >= 0.3 is 6.03 Å². The standard InChI is InChI=1S/C39H67N13O10S/c1-22(2)17-23(18-30(54)51-62)35(58)48-25(10-7-15-44-38(41)42)37(60)52-16-8-11-27(52)36(59)46-19-31(55)45-20-32(56)47-24(34(40)57)9-5-6-14-43-29(53)13-4-3-12-28-33-26(21-63-28)49-39(61)50-33/h22-28,33,62H,3-21H2,1-2H3,(H2,40,57)(H,43,53)(H,45,55)(H,46,59)(H,47,56)(H,48,58)(H,51,54)(H4,41,42,44)(H2,49,50,61)/t23?,24-,25-,26-,27-,28-,33-/m0/s1. The molecule has 24 heteroatoms. The highest BCUT2D eigenvalue weighted by Gasteiger charge is 2.43. The fraction of sp³-hybridized carbons (Fsp3) is 0.744. The van der Waals surface area contributed by atoms with Gasteiger partial charge in [0.25, 0.3) is 0 Å². The smallest absolute Gasteiger partial charge is 0.315 e. The van der Waals surface area contributed by atoms with Gasteiger partial charge in [0, 0.05) is 49.4 Å². The minimum absolute atomic E-state index is 0.0114. The van der Waals surface area contributed by atoms with Crippen LogP contribution >= 0.6 is 11.8 Å². The highest BCUT2D eigenvalue weighted by atomic mass is 32.2. The number of carbonyl (C=O) groups is 9. The minimum Gasteiger partial charge on any atom is -0.370 e. The Morgan fingerprint density at radius 1 is 0.857 bits per heavy atom. The van der Waals surface area contributed by atoms with Crippen LogP contribution in [-0.4, -0.2) is 143 Å². The Balaban J connectivity index is 1.38. The summed E-state index contributed by atoms with van der Waals surface area (Å²) in [7, 11) is 0. The van der Waals surface area contributed by atoms with Crippen LogP contribution < -0.4 is 59.9 Å². The molecule has 0 aromatic carbocycles. The van der Waals surface area contributed by atoms with E-state index in [9.17, 15) is 43.2 Å². The van der Waals surface area contributed by atoms with Crippen LogP contribution in [0.4, 0.5) is 4.79 Å². The van der Waals surface area contributed by atoms with Crippen molar-refractivity contribution >= 4 is 71.0 Å². The van der Waals surface area contributed by atoms with Gasteiger partial charge in [-0.05, 0) is 70.1 Å². The Hall–Kier alpha value is -5.39. The van der Waals surface area contributed by atoms with Gasteiger partial charge in [0.15, 0.2) is 5.96 Å². The molecule has 3 aliphatic rings. The molecule has 0 aliphatic carbocycles. The van der Waals surface area contributed by atoms with Crippen molar-refractivity contribution in [3.05, 3.63) is 0 Å². The fourth-order valence-electron chi connectivity index (χ4n) is 7.80. The summed E-state index contributed by atoms with van der Waals surface area (Å²) in [6.07, 6.45) is 5.27. The van der Waals surface area contributed by atoms with Gasteiger partial charge in [0.2, 0.25) is 47.3 Å². The number of guanidine groups is 1. The lowest BCUT2D eigenvalue weighted by molar-refractivity contribution is -0.143. The van der Waals surface area contributed by atoms with E-state index in [2.05, 4.69) is 42.2 Å². The normalized spacial score (nSPS) is 20.3. The van der Waals surface area contributed by atoms with Crippen LogP contribution in [0.3, 0.4) is 0 Å². The number of thioether (sulfide) groups is 1. The van der Waals surface area contributed by atoms with Gasteiger partial charge < -0.3 is 59.3 Å². The fourth-order valence-corrected chi connectivity index (χ4v) is 9.34. The number of fused-ring (bicyclic) bond motifs is 1. The first kappa shape index (κ1) is 52.0. The number of rotatable bonds is 28. The summed E-state index contributed by atoms with van der Waals surface area (Å²) in [4.78, 5) is 119. The van der Waals surface area contributed by atoms with Crippen LogP contribution in [0.15, 0.2) is 4.99 Å². The highest BCUT2D eigenvalue weighted by Crippen LogP contribution is 2.33. The molecule has 7 atom stereocenters. The van der Waals surface area contributed by atoms with Crippen molar-refractivity contribution in [2.24, 2.45) is 34.0 Å². The number of hydrogen-bond acceptors (Lipinski definition) is 12. The first-order valence-corrected chi connectivity index (χ1v) is 22.7.